The molecule has 0 radical (unpaired) electrons. The van der Waals surface area contributed by atoms with Crippen molar-refractivity contribution in [3.05, 3.63) is 0 Å². The van der Waals surface area contributed by atoms with Crippen LogP contribution in [0.5, 0.6) is 0 Å². The summed E-state index contributed by atoms with van der Waals surface area (Å²) in [6, 6.07) is 0.160. The lowest BCUT2D eigenvalue weighted by atomic mass is 9.84. The number of hydrogen-bond acceptors (Lipinski definition) is 3. The summed E-state index contributed by atoms with van der Waals surface area (Å²) in [6.07, 6.45) is 6.17. The molecule has 2 fully saturated rings. The van der Waals surface area contributed by atoms with E-state index in [1.165, 1.54) is 19.3 Å². The molecule has 1 amide bonds. The fourth-order valence-corrected chi connectivity index (χ4v) is 3.01. The third-order valence-electron chi connectivity index (χ3n) is 4.13. The second kappa shape index (κ2) is 7.31. The van der Waals surface area contributed by atoms with E-state index in [0.717, 1.165) is 18.8 Å². The Bertz CT molecular complexity index is 276. The molecule has 0 bridgehead atoms. The van der Waals surface area contributed by atoms with Crippen LogP contribution in [0.3, 0.4) is 0 Å². The van der Waals surface area contributed by atoms with Crippen molar-refractivity contribution < 1.29 is 9.90 Å². The Hall–Kier alpha value is -0.320. The average molecular weight is 277 g/mol. The number of β-amino-alcohol motifs (C(OH)–C–C–N with tert-alkyl or cyclic N) is 1. The molecule has 2 rings (SSSR count). The number of hydrogen-bond donors (Lipinski definition) is 3. The highest BCUT2D eigenvalue weighted by Crippen LogP contribution is 2.26. The highest BCUT2D eigenvalue weighted by molar-refractivity contribution is 5.85. The number of carbonyl (C=O) groups excluding carboxylic acids is 1. The van der Waals surface area contributed by atoms with Gasteiger partial charge in [-0.25, -0.2) is 0 Å². The summed E-state index contributed by atoms with van der Waals surface area (Å²) < 4.78 is 0. The number of aliphatic hydroxyl groups excluding tert-OH is 1. The van der Waals surface area contributed by atoms with Crippen molar-refractivity contribution in [1.29, 1.82) is 0 Å². The van der Waals surface area contributed by atoms with E-state index in [2.05, 4.69) is 17.6 Å². The van der Waals surface area contributed by atoms with Crippen LogP contribution in [0, 0.1) is 5.92 Å². The normalized spacial score (nSPS) is 35.9. The van der Waals surface area contributed by atoms with Crippen molar-refractivity contribution in [2.24, 2.45) is 5.92 Å². The molecule has 4 unspecified atom stereocenters. The highest BCUT2D eigenvalue weighted by Gasteiger charge is 2.30. The van der Waals surface area contributed by atoms with Crippen LogP contribution in [0.1, 0.15) is 45.4 Å². The third-order valence-corrected chi connectivity index (χ3v) is 4.13. The summed E-state index contributed by atoms with van der Waals surface area (Å²) >= 11 is 0. The third kappa shape index (κ3) is 4.11. The second-order valence-corrected chi connectivity index (χ2v) is 5.50. The van der Waals surface area contributed by atoms with E-state index in [1.807, 2.05) is 0 Å². The van der Waals surface area contributed by atoms with Gasteiger partial charge in [0.15, 0.2) is 0 Å². The zero-order chi connectivity index (χ0) is 12.3. The average Bonchev–Trinajstić information content (AvgIpc) is 2.76. The maximum Gasteiger partial charge on any atom is 0.237 e. The van der Waals surface area contributed by atoms with Crippen LogP contribution >= 0.6 is 12.4 Å². The molecule has 1 saturated heterocycles. The minimum Gasteiger partial charge on any atom is -0.392 e. The van der Waals surface area contributed by atoms with Crippen LogP contribution in [-0.2, 0) is 4.79 Å². The van der Waals surface area contributed by atoms with Crippen LogP contribution in [-0.4, -0.2) is 35.7 Å². The van der Waals surface area contributed by atoms with E-state index in [1.54, 1.807) is 0 Å². The first-order chi connectivity index (χ1) is 8.19. The van der Waals surface area contributed by atoms with Crippen molar-refractivity contribution in [3.63, 3.8) is 0 Å². The minimum atomic E-state index is -0.361. The van der Waals surface area contributed by atoms with Crippen LogP contribution in [0.25, 0.3) is 0 Å². The van der Waals surface area contributed by atoms with E-state index >= 15 is 0 Å². The number of halogens is 1. The molecule has 1 saturated carbocycles. The Morgan fingerprint density at radius 3 is 2.78 bits per heavy atom. The zero-order valence-electron chi connectivity index (χ0n) is 11.0. The van der Waals surface area contributed by atoms with Gasteiger partial charge in [-0.2, -0.15) is 0 Å². The van der Waals surface area contributed by atoms with Gasteiger partial charge < -0.3 is 15.7 Å². The van der Waals surface area contributed by atoms with Gasteiger partial charge in [0.2, 0.25) is 5.91 Å². The molecule has 106 valence electrons. The molecular weight excluding hydrogens is 252 g/mol. The molecule has 1 heterocycles. The molecule has 18 heavy (non-hydrogen) atoms. The highest BCUT2D eigenvalue weighted by atomic mass is 35.5. The number of nitrogens with one attached hydrogen (secondary N) is 2. The molecule has 0 aromatic rings. The molecule has 4 nitrogen and oxygen atoms in total. The van der Waals surface area contributed by atoms with E-state index in [4.69, 9.17) is 0 Å². The molecule has 2 aliphatic rings. The summed E-state index contributed by atoms with van der Waals surface area (Å²) in [4.78, 5) is 12.0. The quantitative estimate of drug-likeness (QED) is 0.726. The van der Waals surface area contributed by atoms with Gasteiger partial charge in [-0.1, -0.05) is 26.2 Å². The first kappa shape index (κ1) is 15.7. The Balaban J connectivity index is 0.00000162. The first-order valence-electron chi connectivity index (χ1n) is 6.90. The van der Waals surface area contributed by atoms with Crippen LogP contribution < -0.4 is 10.6 Å². The Morgan fingerprint density at radius 1 is 1.39 bits per heavy atom. The van der Waals surface area contributed by atoms with Crippen molar-refractivity contribution in [2.75, 3.05) is 6.54 Å². The number of carbonyl (C=O) groups is 1. The lowest BCUT2D eigenvalue weighted by molar-refractivity contribution is -0.124. The molecule has 0 aromatic heterocycles. The van der Waals surface area contributed by atoms with E-state index in [9.17, 15) is 9.90 Å². The van der Waals surface area contributed by atoms with Gasteiger partial charge in [-0.05, 0) is 25.2 Å². The smallest absolute Gasteiger partial charge is 0.237 e. The van der Waals surface area contributed by atoms with Gasteiger partial charge in [0.25, 0.3) is 0 Å². The summed E-state index contributed by atoms with van der Waals surface area (Å²) in [6.45, 7) is 2.77. The fourth-order valence-electron chi connectivity index (χ4n) is 3.01. The number of aliphatic hydroxyl groups is 1. The first-order valence-corrected chi connectivity index (χ1v) is 6.90. The standard InChI is InChI=1S/C13H24N2O2.ClH/c1-2-9-4-3-5-10(6-9)15-13(17)12-7-11(16)8-14-12;/h9-12,14,16H,2-8H2,1H3,(H,15,17);1H. The maximum absolute atomic E-state index is 12.0. The molecular formula is C13H25ClN2O2. The topological polar surface area (TPSA) is 61.4 Å². The van der Waals surface area contributed by atoms with Gasteiger partial charge >= 0.3 is 0 Å². The summed E-state index contributed by atoms with van der Waals surface area (Å²) in [5, 5.41) is 15.6. The van der Waals surface area contributed by atoms with E-state index in [0.29, 0.717) is 19.0 Å². The van der Waals surface area contributed by atoms with Crippen LogP contribution in [0.4, 0.5) is 0 Å². The lowest BCUT2D eigenvalue weighted by Gasteiger charge is -2.29. The number of amides is 1. The molecule has 5 heteroatoms. The van der Waals surface area contributed by atoms with Gasteiger partial charge in [0.05, 0.1) is 12.1 Å². The summed E-state index contributed by atoms with van der Waals surface area (Å²) in [5.41, 5.74) is 0. The predicted molar refractivity (Wildman–Crippen MR) is 73.8 cm³/mol. The Labute approximate surface area is 115 Å². The molecule has 1 aliphatic carbocycles. The predicted octanol–water partition coefficient (Wildman–Crippen LogP) is 1.22. The lowest BCUT2D eigenvalue weighted by Crippen LogP contribution is -2.46. The molecule has 0 aromatic carbocycles. The minimum absolute atomic E-state index is 0. The van der Waals surface area contributed by atoms with E-state index in [-0.39, 0.29) is 30.5 Å². The molecule has 3 N–H and O–H groups in total. The van der Waals surface area contributed by atoms with Gasteiger partial charge in [-0.15, -0.1) is 12.4 Å². The van der Waals surface area contributed by atoms with Crippen LogP contribution in [0.15, 0.2) is 0 Å². The van der Waals surface area contributed by atoms with Gasteiger partial charge in [0, 0.05) is 12.6 Å². The largest absolute Gasteiger partial charge is 0.392 e. The SMILES string of the molecule is CCC1CCCC(NC(=O)C2CC(O)CN2)C1.Cl. The Kier molecular flexibility index (Phi) is 6.39. The molecule has 0 spiro atoms. The van der Waals surface area contributed by atoms with Crippen molar-refractivity contribution in [1.82, 2.24) is 10.6 Å². The Morgan fingerprint density at radius 2 is 2.17 bits per heavy atom. The maximum atomic E-state index is 12.0. The van der Waals surface area contributed by atoms with Crippen LogP contribution in [0.2, 0.25) is 0 Å². The molecule has 1 aliphatic heterocycles. The van der Waals surface area contributed by atoms with Crippen molar-refractivity contribution >= 4 is 18.3 Å². The second-order valence-electron chi connectivity index (χ2n) is 5.50. The van der Waals surface area contributed by atoms with Gasteiger partial charge in [-0.3, -0.25) is 4.79 Å². The monoisotopic (exact) mass is 276 g/mol. The molecule has 4 atom stereocenters. The van der Waals surface area contributed by atoms with Crippen molar-refractivity contribution in [2.45, 2.75) is 63.6 Å². The van der Waals surface area contributed by atoms with Crippen molar-refractivity contribution in [3.8, 4) is 0 Å². The zero-order valence-corrected chi connectivity index (χ0v) is 11.8. The van der Waals surface area contributed by atoms with Gasteiger partial charge in [0.1, 0.15) is 0 Å². The summed E-state index contributed by atoms with van der Waals surface area (Å²) in [5.74, 6) is 0.847. The summed E-state index contributed by atoms with van der Waals surface area (Å²) in [7, 11) is 0. The fraction of sp³-hybridized carbons (Fsp3) is 0.923. The number of rotatable bonds is 3. The van der Waals surface area contributed by atoms with E-state index < -0.39 is 0 Å².